The van der Waals surface area contributed by atoms with Gasteiger partial charge in [-0.2, -0.15) is 0 Å². The lowest BCUT2D eigenvalue weighted by molar-refractivity contribution is 0.630. The van der Waals surface area contributed by atoms with Crippen LogP contribution in [0, 0.1) is 5.82 Å². The maximum Gasteiger partial charge on any atom is 0.142 e. The van der Waals surface area contributed by atoms with Crippen molar-refractivity contribution in [3.8, 4) is 0 Å². The highest BCUT2D eigenvalue weighted by Gasteiger charge is 2.06. The van der Waals surface area contributed by atoms with Gasteiger partial charge in [-0.05, 0) is 23.6 Å². The number of benzene rings is 1. The summed E-state index contributed by atoms with van der Waals surface area (Å²) in [6.07, 6.45) is 5.08. The molecule has 0 unspecified atom stereocenters. The van der Waals surface area contributed by atoms with E-state index in [1.165, 1.54) is 12.1 Å². The van der Waals surface area contributed by atoms with E-state index in [1.807, 2.05) is 6.07 Å². The molecular weight excluding hydrogens is 227 g/mol. The molecule has 4 heteroatoms. The summed E-state index contributed by atoms with van der Waals surface area (Å²) in [5.74, 6) is -0.430. The molecule has 0 fully saturated rings. The number of rotatable bonds is 0. The van der Waals surface area contributed by atoms with Crippen molar-refractivity contribution in [2.24, 2.45) is 0 Å². The first-order valence-electron chi connectivity index (χ1n) is 4.73. The van der Waals surface area contributed by atoms with Gasteiger partial charge in [-0.15, -0.1) is 0 Å². The second-order valence-electron chi connectivity index (χ2n) is 3.50. The van der Waals surface area contributed by atoms with Crippen molar-refractivity contribution in [3.63, 3.8) is 0 Å². The summed E-state index contributed by atoms with van der Waals surface area (Å²) in [5, 5.41) is 2.66. The molecule has 2 heterocycles. The zero-order valence-electron chi connectivity index (χ0n) is 8.11. The van der Waals surface area contributed by atoms with Crippen LogP contribution >= 0.6 is 11.6 Å². The van der Waals surface area contributed by atoms with Crippen molar-refractivity contribution in [2.75, 3.05) is 0 Å². The molecule has 2 aromatic heterocycles. The van der Waals surface area contributed by atoms with Gasteiger partial charge < -0.3 is 0 Å². The average molecular weight is 233 g/mol. The van der Waals surface area contributed by atoms with E-state index >= 15 is 0 Å². The molecule has 16 heavy (non-hydrogen) atoms. The number of fused-ring (bicyclic) bond motifs is 3. The van der Waals surface area contributed by atoms with Crippen molar-refractivity contribution < 1.29 is 4.39 Å². The molecule has 0 amide bonds. The van der Waals surface area contributed by atoms with Crippen molar-refractivity contribution in [3.05, 3.63) is 47.6 Å². The third kappa shape index (κ3) is 1.32. The smallest absolute Gasteiger partial charge is 0.142 e. The van der Waals surface area contributed by atoms with E-state index in [-0.39, 0.29) is 5.02 Å². The van der Waals surface area contributed by atoms with Crippen LogP contribution in [-0.4, -0.2) is 9.97 Å². The van der Waals surface area contributed by atoms with Gasteiger partial charge in [0.25, 0.3) is 0 Å². The van der Waals surface area contributed by atoms with Crippen LogP contribution in [0.4, 0.5) is 4.39 Å². The maximum atomic E-state index is 13.4. The Balaban J connectivity index is 2.55. The van der Waals surface area contributed by atoms with E-state index in [2.05, 4.69) is 9.97 Å². The second-order valence-corrected chi connectivity index (χ2v) is 3.91. The summed E-state index contributed by atoms with van der Waals surface area (Å²) >= 11 is 5.71. The van der Waals surface area contributed by atoms with Gasteiger partial charge in [-0.1, -0.05) is 11.6 Å². The quantitative estimate of drug-likeness (QED) is 0.554. The Kier molecular flexibility index (Phi) is 2.01. The standard InChI is InChI=1S/C12H6ClFN2/c13-10-4-12-9(3-11(10)14)8-1-2-15-5-7(8)6-16-12/h1-6H. The molecule has 0 aliphatic rings. The first-order chi connectivity index (χ1) is 7.75. The molecule has 0 atom stereocenters. The van der Waals surface area contributed by atoms with Crippen LogP contribution in [-0.2, 0) is 0 Å². The Morgan fingerprint density at radius 2 is 2.00 bits per heavy atom. The summed E-state index contributed by atoms with van der Waals surface area (Å²) in [7, 11) is 0. The Morgan fingerprint density at radius 1 is 1.12 bits per heavy atom. The van der Waals surface area contributed by atoms with Crippen molar-refractivity contribution in [1.29, 1.82) is 0 Å². The Bertz CT molecular complexity index is 697. The largest absolute Gasteiger partial charge is 0.264 e. The van der Waals surface area contributed by atoms with Gasteiger partial charge in [0.2, 0.25) is 0 Å². The lowest BCUT2D eigenvalue weighted by Gasteiger charge is -2.03. The van der Waals surface area contributed by atoms with Crippen LogP contribution in [0.25, 0.3) is 21.7 Å². The fourth-order valence-corrected chi connectivity index (χ4v) is 1.91. The molecule has 0 aliphatic heterocycles. The predicted octanol–water partition coefficient (Wildman–Crippen LogP) is 3.58. The van der Waals surface area contributed by atoms with Gasteiger partial charge in [0.1, 0.15) is 5.82 Å². The molecule has 78 valence electrons. The lowest BCUT2D eigenvalue weighted by atomic mass is 10.1. The monoisotopic (exact) mass is 232 g/mol. The zero-order chi connectivity index (χ0) is 11.1. The van der Waals surface area contributed by atoms with Gasteiger partial charge in [0, 0.05) is 29.4 Å². The highest BCUT2D eigenvalue weighted by atomic mass is 35.5. The van der Waals surface area contributed by atoms with E-state index < -0.39 is 5.82 Å². The summed E-state index contributed by atoms with van der Waals surface area (Å²) in [6.45, 7) is 0. The van der Waals surface area contributed by atoms with E-state index in [4.69, 9.17) is 11.6 Å². The SMILES string of the molecule is Fc1cc2c(cc1Cl)ncc1cnccc12. The predicted molar refractivity (Wildman–Crippen MR) is 62.0 cm³/mol. The summed E-state index contributed by atoms with van der Waals surface area (Å²) in [5.41, 5.74) is 0.685. The Labute approximate surface area is 95.7 Å². The highest BCUT2D eigenvalue weighted by Crippen LogP contribution is 2.27. The molecule has 0 saturated heterocycles. The summed E-state index contributed by atoms with van der Waals surface area (Å²) in [4.78, 5) is 8.22. The molecule has 0 spiro atoms. The van der Waals surface area contributed by atoms with Gasteiger partial charge in [0.15, 0.2) is 0 Å². The molecule has 2 nitrogen and oxygen atoms in total. The number of halogens is 2. The minimum Gasteiger partial charge on any atom is -0.264 e. The molecule has 3 aromatic rings. The van der Waals surface area contributed by atoms with Crippen molar-refractivity contribution >= 4 is 33.3 Å². The van der Waals surface area contributed by atoms with E-state index in [0.717, 1.165) is 16.2 Å². The van der Waals surface area contributed by atoms with E-state index in [0.29, 0.717) is 5.52 Å². The van der Waals surface area contributed by atoms with Crippen LogP contribution in [0.2, 0.25) is 5.02 Å². The van der Waals surface area contributed by atoms with Crippen LogP contribution in [0.5, 0.6) is 0 Å². The first-order valence-corrected chi connectivity index (χ1v) is 5.11. The first kappa shape index (κ1) is 9.48. The minimum absolute atomic E-state index is 0.0911. The van der Waals surface area contributed by atoms with Crippen molar-refractivity contribution in [1.82, 2.24) is 9.97 Å². The third-order valence-electron chi connectivity index (χ3n) is 2.52. The number of hydrogen-bond acceptors (Lipinski definition) is 2. The van der Waals surface area contributed by atoms with Crippen LogP contribution in [0.3, 0.4) is 0 Å². The molecule has 1 aromatic carbocycles. The molecule has 0 bridgehead atoms. The average Bonchev–Trinajstić information content (AvgIpc) is 2.31. The van der Waals surface area contributed by atoms with Gasteiger partial charge in [-0.3, -0.25) is 9.97 Å². The van der Waals surface area contributed by atoms with Crippen LogP contribution in [0.1, 0.15) is 0 Å². The van der Waals surface area contributed by atoms with Crippen molar-refractivity contribution in [2.45, 2.75) is 0 Å². The van der Waals surface area contributed by atoms with Crippen LogP contribution in [0.15, 0.2) is 36.8 Å². The third-order valence-corrected chi connectivity index (χ3v) is 2.81. The molecule has 0 aliphatic carbocycles. The maximum absolute atomic E-state index is 13.4. The van der Waals surface area contributed by atoms with Gasteiger partial charge >= 0.3 is 0 Å². The normalized spacial score (nSPS) is 11.1. The Hall–Kier alpha value is -1.74. The number of nitrogens with zero attached hydrogens (tertiary/aromatic N) is 2. The molecule has 3 rings (SSSR count). The summed E-state index contributed by atoms with van der Waals surface area (Å²) < 4.78 is 13.4. The van der Waals surface area contributed by atoms with Gasteiger partial charge in [-0.25, -0.2) is 4.39 Å². The van der Waals surface area contributed by atoms with E-state index in [1.54, 1.807) is 18.6 Å². The molecular formula is C12H6ClFN2. The molecule has 0 N–H and O–H groups in total. The van der Waals surface area contributed by atoms with Gasteiger partial charge in [0.05, 0.1) is 10.5 Å². The second kappa shape index (κ2) is 3.39. The Morgan fingerprint density at radius 3 is 2.88 bits per heavy atom. The molecule has 0 saturated carbocycles. The highest BCUT2D eigenvalue weighted by molar-refractivity contribution is 6.31. The fraction of sp³-hybridized carbons (Fsp3) is 0. The number of aromatic nitrogens is 2. The lowest BCUT2D eigenvalue weighted by Crippen LogP contribution is -1.85. The van der Waals surface area contributed by atoms with E-state index in [9.17, 15) is 4.39 Å². The summed E-state index contributed by atoms with van der Waals surface area (Å²) in [6, 6.07) is 4.78. The number of pyridine rings is 2. The van der Waals surface area contributed by atoms with Crippen LogP contribution < -0.4 is 0 Å². The minimum atomic E-state index is -0.430. The zero-order valence-corrected chi connectivity index (χ0v) is 8.87. The molecule has 0 radical (unpaired) electrons. The fourth-order valence-electron chi connectivity index (χ4n) is 1.75. The topological polar surface area (TPSA) is 25.8 Å². The number of hydrogen-bond donors (Lipinski definition) is 0.